The molecule has 3 rings (SSSR count). The van der Waals surface area contributed by atoms with Crippen LogP contribution in [0.2, 0.25) is 0 Å². The average Bonchev–Trinajstić information content (AvgIpc) is 2.44. The van der Waals surface area contributed by atoms with E-state index in [1.54, 1.807) is 6.20 Å². The van der Waals surface area contributed by atoms with E-state index in [4.69, 9.17) is 4.74 Å². The molecule has 4 nitrogen and oxygen atoms in total. The smallest absolute Gasteiger partial charge is 0.141 e. The van der Waals surface area contributed by atoms with Crippen molar-refractivity contribution in [2.45, 2.75) is 4.90 Å². The van der Waals surface area contributed by atoms with Crippen molar-refractivity contribution in [3.63, 3.8) is 0 Å². The van der Waals surface area contributed by atoms with Crippen LogP contribution in [0.4, 0.5) is 0 Å². The van der Waals surface area contributed by atoms with E-state index in [1.807, 2.05) is 18.2 Å². The fourth-order valence-corrected chi connectivity index (χ4v) is 3.24. The van der Waals surface area contributed by atoms with Crippen molar-refractivity contribution in [1.29, 1.82) is 0 Å². The SMILES string of the molecule is Oc1c(SN2CCOCC2)cnc2ccc(Br)cc12. The van der Waals surface area contributed by atoms with Crippen LogP contribution in [-0.4, -0.2) is 40.7 Å². The van der Waals surface area contributed by atoms with E-state index in [9.17, 15) is 5.11 Å². The zero-order valence-electron chi connectivity index (χ0n) is 10.2. The largest absolute Gasteiger partial charge is 0.506 e. The van der Waals surface area contributed by atoms with E-state index in [2.05, 4.69) is 25.2 Å². The number of halogens is 1. The third-order valence-corrected chi connectivity index (χ3v) is 4.58. The number of fused-ring (bicyclic) bond motifs is 1. The fraction of sp³-hybridized carbons (Fsp3) is 0.308. The Balaban J connectivity index is 1.92. The Kier molecular flexibility index (Phi) is 3.93. The van der Waals surface area contributed by atoms with Crippen LogP contribution in [0.25, 0.3) is 10.9 Å². The van der Waals surface area contributed by atoms with Gasteiger partial charge in [-0.15, -0.1) is 0 Å². The Labute approximate surface area is 124 Å². The zero-order valence-corrected chi connectivity index (χ0v) is 12.6. The lowest BCUT2D eigenvalue weighted by atomic mass is 10.2. The summed E-state index contributed by atoms with van der Waals surface area (Å²) in [6.07, 6.45) is 1.73. The van der Waals surface area contributed by atoms with E-state index in [0.717, 1.165) is 46.6 Å². The van der Waals surface area contributed by atoms with Crippen LogP contribution in [0.15, 0.2) is 33.8 Å². The fourth-order valence-electron chi connectivity index (χ4n) is 1.98. The van der Waals surface area contributed by atoms with Gasteiger partial charge in [0, 0.05) is 29.1 Å². The Hall–Kier alpha value is -0.820. The second kappa shape index (κ2) is 5.66. The lowest BCUT2D eigenvalue weighted by Gasteiger charge is -2.25. The van der Waals surface area contributed by atoms with Crippen LogP contribution in [-0.2, 0) is 4.74 Å². The molecule has 1 fully saturated rings. The van der Waals surface area contributed by atoms with E-state index in [-0.39, 0.29) is 0 Å². The van der Waals surface area contributed by atoms with Gasteiger partial charge >= 0.3 is 0 Å². The van der Waals surface area contributed by atoms with Crippen LogP contribution >= 0.6 is 27.9 Å². The minimum absolute atomic E-state index is 0.294. The number of aromatic nitrogens is 1. The number of pyridine rings is 1. The lowest BCUT2D eigenvalue weighted by molar-refractivity contribution is 0.0773. The predicted molar refractivity (Wildman–Crippen MR) is 79.4 cm³/mol. The van der Waals surface area contributed by atoms with Crippen molar-refractivity contribution in [3.05, 3.63) is 28.9 Å². The summed E-state index contributed by atoms with van der Waals surface area (Å²) in [5.74, 6) is 0.294. The first-order valence-electron chi connectivity index (χ1n) is 6.02. The number of nitrogens with zero attached hydrogens (tertiary/aromatic N) is 2. The predicted octanol–water partition coefficient (Wildman–Crippen LogP) is 3.04. The molecule has 6 heteroatoms. The molecule has 1 aliphatic heterocycles. The van der Waals surface area contributed by atoms with Gasteiger partial charge in [-0.05, 0) is 30.1 Å². The van der Waals surface area contributed by atoms with Crippen LogP contribution in [0, 0.1) is 0 Å². The van der Waals surface area contributed by atoms with Crippen molar-refractivity contribution in [2.75, 3.05) is 26.3 Å². The normalized spacial score (nSPS) is 16.9. The molecular formula is C13H13BrN2O2S. The second-order valence-electron chi connectivity index (χ2n) is 4.27. The number of rotatable bonds is 2. The van der Waals surface area contributed by atoms with Gasteiger partial charge in [-0.2, -0.15) is 0 Å². The molecule has 1 aliphatic rings. The Morgan fingerprint density at radius 1 is 1.32 bits per heavy atom. The Morgan fingerprint density at radius 2 is 2.11 bits per heavy atom. The highest BCUT2D eigenvalue weighted by molar-refractivity contribution is 9.10. The van der Waals surface area contributed by atoms with Crippen LogP contribution in [0.3, 0.4) is 0 Å². The zero-order chi connectivity index (χ0) is 13.2. The first kappa shape index (κ1) is 13.2. The second-order valence-corrected chi connectivity index (χ2v) is 6.32. The van der Waals surface area contributed by atoms with Crippen molar-refractivity contribution in [3.8, 4) is 5.75 Å². The van der Waals surface area contributed by atoms with Crippen molar-refractivity contribution in [1.82, 2.24) is 9.29 Å². The van der Waals surface area contributed by atoms with Crippen molar-refractivity contribution in [2.24, 2.45) is 0 Å². The number of aromatic hydroxyl groups is 1. The average molecular weight is 341 g/mol. The maximum Gasteiger partial charge on any atom is 0.141 e. The summed E-state index contributed by atoms with van der Waals surface area (Å²) >= 11 is 4.95. The lowest BCUT2D eigenvalue weighted by Crippen LogP contribution is -2.30. The van der Waals surface area contributed by atoms with Gasteiger partial charge in [-0.25, -0.2) is 4.31 Å². The molecule has 1 aromatic carbocycles. The standard InChI is InChI=1S/C13H13BrN2O2S/c14-9-1-2-11-10(7-9)13(17)12(8-15-11)19-16-3-5-18-6-4-16/h1-2,7-8H,3-6H2,(H,15,17). The molecule has 0 atom stereocenters. The minimum Gasteiger partial charge on any atom is -0.506 e. The van der Waals surface area contributed by atoms with Crippen LogP contribution < -0.4 is 0 Å². The summed E-state index contributed by atoms with van der Waals surface area (Å²) in [5.41, 5.74) is 0.798. The van der Waals surface area contributed by atoms with Crippen LogP contribution in [0.5, 0.6) is 5.75 Å². The molecule has 0 saturated carbocycles. The molecule has 2 aromatic rings. The Bertz CT molecular complexity index is 602. The molecule has 0 unspecified atom stereocenters. The van der Waals surface area contributed by atoms with Gasteiger partial charge in [0.25, 0.3) is 0 Å². The molecule has 2 heterocycles. The highest BCUT2D eigenvalue weighted by Crippen LogP contribution is 2.36. The van der Waals surface area contributed by atoms with Crippen molar-refractivity contribution >= 4 is 38.8 Å². The van der Waals surface area contributed by atoms with E-state index < -0.39 is 0 Å². The third-order valence-electron chi connectivity index (χ3n) is 2.97. The van der Waals surface area contributed by atoms with Gasteiger partial charge < -0.3 is 9.84 Å². The number of ether oxygens (including phenoxy) is 1. The molecule has 0 bridgehead atoms. The summed E-state index contributed by atoms with van der Waals surface area (Å²) in [4.78, 5) is 5.17. The van der Waals surface area contributed by atoms with Gasteiger partial charge in [0.1, 0.15) is 5.75 Å². The summed E-state index contributed by atoms with van der Waals surface area (Å²) in [6, 6.07) is 5.70. The number of hydrogen-bond acceptors (Lipinski definition) is 5. The first-order chi connectivity index (χ1) is 9.24. The molecule has 0 spiro atoms. The summed E-state index contributed by atoms with van der Waals surface area (Å²) < 4.78 is 8.43. The topological polar surface area (TPSA) is 45.6 Å². The molecule has 0 amide bonds. The van der Waals surface area contributed by atoms with E-state index in [0.29, 0.717) is 5.75 Å². The number of morpholine rings is 1. The third kappa shape index (κ3) is 2.86. The van der Waals surface area contributed by atoms with Crippen LogP contribution in [0.1, 0.15) is 0 Å². The van der Waals surface area contributed by atoms with Gasteiger partial charge in [-0.3, -0.25) is 4.98 Å². The van der Waals surface area contributed by atoms with Gasteiger partial charge in [-0.1, -0.05) is 15.9 Å². The summed E-state index contributed by atoms with van der Waals surface area (Å²) in [6.45, 7) is 3.20. The van der Waals surface area contributed by atoms with Gasteiger partial charge in [0.15, 0.2) is 0 Å². The van der Waals surface area contributed by atoms with E-state index >= 15 is 0 Å². The molecule has 0 aliphatic carbocycles. The maximum absolute atomic E-state index is 10.4. The molecule has 1 N–H and O–H groups in total. The summed E-state index contributed by atoms with van der Waals surface area (Å²) in [5, 5.41) is 11.1. The molecule has 100 valence electrons. The monoisotopic (exact) mass is 340 g/mol. The van der Waals surface area contributed by atoms with Gasteiger partial charge in [0.05, 0.1) is 23.6 Å². The molecular weight excluding hydrogens is 328 g/mol. The number of hydrogen-bond donors (Lipinski definition) is 1. The van der Waals surface area contributed by atoms with Gasteiger partial charge in [0.2, 0.25) is 0 Å². The highest BCUT2D eigenvalue weighted by Gasteiger charge is 2.15. The Morgan fingerprint density at radius 3 is 2.89 bits per heavy atom. The molecule has 1 saturated heterocycles. The first-order valence-corrected chi connectivity index (χ1v) is 7.58. The van der Waals surface area contributed by atoms with Crippen molar-refractivity contribution < 1.29 is 9.84 Å². The number of benzene rings is 1. The molecule has 0 radical (unpaired) electrons. The highest BCUT2D eigenvalue weighted by atomic mass is 79.9. The molecule has 19 heavy (non-hydrogen) atoms. The maximum atomic E-state index is 10.4. The quantitative estimate of drug-likeness (QED) is 0.851. The molecule has 1 aromatic heterocycles. The minimum atomic E-state index is 0.294. The summed E-state index contributed by atoms with van der Waals surface area (Å²) in [7, 11) is 0. The van der Waals surface area contributed by atoms with E-state index in [1.165, 1.54) is 11.9 Å².